The molecule has 1 N–H and O–H groups in total. The fourth-order valence-electron chi connectivity index (χ4n) is 3.62. The third-order valence-corrected chi connectivity index (χ3v) is 8.29. The topological polar surface area (TPSA) is 75.7 Å². The number of carbonyl (C=O) groups is 1. The van der Waals surface area contributed by atoms with Crippen LogP contribution >= 0.6 is 23.2 Å². The molecule has 2 aromatic carbocycles. The molecular formula is C23H28Cl2N2O4S. The average Bonchev–Trinajstić information content (AvgIpc) is 2.76. The first kappa shape index (κ1) is 24.8. The molecule has 6 nitrogen and oxygen atoms in total. The molecule has 0 aromatic heterocycles. The number of halogens is 2. The van der Waals surface area contributed by atoms with Gasteiger partial charge in [0.2, 0.25) is 15.9 Å². The summed E-state index contributed by atoms with van der Waals surface area (Å²) in [4.78, 5) is 12.5. The predicted molar refractivity (Wildman–Crippen MR) is 128 cm³/mol. The smallest absolute Gasteiger partial charge is 0.223 e. The number of sulfonamides is 1. The van der Waals surface area contributed by atoms with Crippen molar-refractivity contribution in [3.63, 3.8) is 0 Å². The highest BCUT2D eigenvalue weighted by Crippen LogP contribution is 2.26. The number of hydrogen-bond acceptors (Lipinski definition) is 4. The number of nitrogens with zero attached hydrogens (tertiary/aromatic N) is 1. The van der Waals surface area contributed by atoms with E-state index in [1.165, 1.54) is 9.87 Å². The van der Waals surface area contributed by atoms with Gasteiger partial charge in [-0.05, 0) is 67.6 Å². The van der Waals surface area contributed by atoms with Crippen LogP contribution in [0, 0.1) is 19.8 Å². The maximum absolute atomic E-state index is 12.8. The molecule has 0 aliphatic carbocycles. The van der Waals surface area contributed by atoms with Crippen LogP contribution in [-0.4, -0.2) is 44.9 Å². The summed E-state index contributed by atoms with van der Waals surface area (Å²) in [7, 11) is -3.49. The highest BCUT2D eigenvalue weighted by atomic mass is 35.5. The minimum Gasteiger partial charge on any atom is -0.492 e. The van der Waals surface area contributed by atoms with E-state index in [1.807, 2.05) is 32.0 Å². The second-order valence-electron chi connectivity index (χ2n) is 8.06. The standard InChI is InChI=1S/C23H28Cl2N2O4S/c1-16-3-5-20(13-17(16)2)31-12-9-26-23(28)19-7-10-27(11-8-19)32(29,30)15-18-4-6-21(24)22(25)14-18/h3-6,13-14,19H,7-12,15H2,1-2H3,(H,26,28). The monoisotopic (exact) mass is 498 g/mol. The molecule has 1 amide bonds. The van der Waals surface area contributed by atoms with Gasteiger partial charge in [0.05, 0.1) is 22.3 Å². The van der Waals surface area contributed by atoms with Gasteiger partial charge in [-0.1, -0.05) is 35.3 Å². The fraction of sp³-hybridized carbons (Fsp3) is 0.435. The number of carbonyl (C=O) groups excluding carboxylic acids is 1. The lowest BCUT2D eigenvalue weighted by Gasteiger charge is -2.30. The Bertz CT molecular complexity index is 1070. The lowest BCUT2D eigenvalue weighted by molar-refractivity contribution is -0.126. The van der Waals surface area contributed by atoms with Crippen molar-refractivity contribution in [2.45, 2.75) is 32.4 Å². The number of benzene rings is 2. The Labute approximate surface area is 199 Å². The van der Waals surface area contributed by atoms with Crippen molar-refractivity contribution in [1.82, 2.24) is 9.62 Å². The quantitative estimate of drug-likeness (QED) is 0.549. The number of piperidine rings is 1. The molecule has 32 heavy (non-hydrogen) atoms. The number of nitrogens with one attached hydrogen (secondary N) is 1. The number of ether oxygens (including phenoxy) is 1. The lowest BCUT2D eigenvalue weighted by atomic mass is 9.97. The zero-order chi connectivity index (χ0) is 23.3. The van der Waals surface area contributed by atoms with Gasteiger partial charge in [-0.25, -0.2) is 12.7 Å². The number of aryl methyl sites for hydroxylation is 2. The second kappa shape index (κ2) is 10.9. The van der Waals surface area contributed by atoms with E-state index in [9.17, 15) is 13.2 Å². The molecular weight excluding hydrogens is 471 g/mol. The molecule has 0 saturated carbocycles. The molecule has 1 heterocycles. The lowest BCUT2D eigenvalue weighted by Crippen LogP contribution is -2.43. The van der Waals surface area contributed by atoms with Gasteiger partial charge in [-0.2, -0.15) is 0 Å². The van der Waals surface area contributed by atoms with E-state index in [1.54, 1.807) is 18.2 Å². The van der Waals surface area contributed by atoms with Crippen LogP contribution in [0.15, 0.2) is 36.4 Å². The molecule has 9 heteroatoms. The van der Waals surface area contributed by atoms with Crippen molar-refractivity contribution in [1.29, 1.82) is 0 Å². The third kappa shape index (κ3) is 6.61. The van der Waals surface area contributed by atoms with Gasteiger partial charge < -0.3 is 10.1 Å². The van der Waals surface area contributed by atoms with Crippen LogP contribution in [0.2, 0.25) is 10.0 Å². The summed E-state index contributed by atoms with van der Waals surface area (Å²) in [5.74, 6) is 0.377. The molecule has 1 aliphatic rings. The third-order valence-electron chi connectivity index (χ3n) is 5.70. The molecule has 174 valence electrons. The largest absolute Gasteiger partial charge is 0.492 e. The van der Waals surface area contributed by atoms with Gasteiger partial charge in [0, 0.05) is 19.0 Å². The summed E-state index contributed by atoms with van der Waals surface area (Å²) in [5, 5.41) is 3.61. The Kier molecular flexibility index (Phi) is 8.44. The maximum Gasteiger partial charge on any atom is 0.223 e. The number of hydrogen-bond donors (Lipinski definition) is 1. The molecule has 1 aliphatic heterocycles. The molecule has 0 radical (unpaired) electrons. The molecule has 3 rings (SSSR count). The van der Waals surface area contributed by atoms with E-state index in [4.69, 9.17) is 27.9 Å². The minimum absolute atomic E-state index is 0.0600. The van der Waals surface area contributed by atoms with Crippen molar-refractivity contribution in [2.24, 2.45) is 5.92 Å². The van der Waals surface area contributed by atoms with E-state index < -0.39 is 10.0 Å². The molecule has 0 spiro atoms. The first-order valence-electron chi connectivity index (χ1n) is 10.6. The van der Waals surface area contributed by atoms with Crippen LogP contribution < -0.4 is 10.1 Å². The van der Waals surface area contributed by atoms with E-state index in [0.29, 0.717) is 54.7 Å². The second-order valence-corrected chi connectivity index (χ2v) is 10.8. The summed E-state index contributed by atoms with van der Waals surface area (Å²) < 4.78 is 32.6. The van der Waals surface area contributed by atoms with Gasteiger partial charge >= 0.3 is 0 Å². The zero-order valence-electron chi connectivity index (χ0n) is 18.2. The predicted octanol–water partition coefficient (Wildman–Crippen LogP) is 4.35. The number of amides is 1. The van der Waals surface area contributed by atoms with E-state index in [2.05, 4.69) is 5.32 Å². The highest BCUT2D eigenvalue weighted by molar-refractivity contribution is 7.88. The van der Waals surface area contributed by atoms with Crippen LogP contribution in [0.3, 0.4) is 0 Å². The van der Waals surface area contributed by atoms with E-state index in [0.717, 1.165) is 11.3 Å². The molecule has 0 unspecified atom stereocenters. The fourth-order valence-corrected chi connectivity index (χ4v) is 5.49. The Balaban J connectivity index is 1.42. The van der Waals surface area contributed by atoms with Crippen LogP contribution in [-0.2, 0) is 20.6 Å². The van der Waals surface area contributed by atoms with Crippen molar-refractivity contribution in [2.75, 3.05) is 26.2 Å². The summed E-state index contributed by atoms with van der Waals surface area (Å²) in [5.41, 5.74) is 2.95. The highest BCUT2D eigenvalue weighted by Gasteiger charge is 2.31. The average molecular weight is 499 g/mol. The summed E-state index contributed by atoms with van der Waals surface area (Å²) >= 11 is 11.9. The van der Waals surface area contributed by atoms with Crippen LogP contribution in [0.25, 0.3) is 0 Å². The number of rotatable bonds is 8. The van der Waals surface area contributed by atoms with Crippen molar-refractivity contribution in [3.8, 4) is 5.75 Å². The molecule has 0 atom stereocenters. The van der Waals surface area contributed by atoms with Crippen LogP contribution in [0.1, 0.15) is 29.5 Å². The Hall–Kier alpha value is -1.80. The first-order chi connectivity index (χ1) is 15.2. The van der Waals surface area contributed by atoms with Crippen molar-refractivity contribution < 1.29 is 17.9 Å². The van der Waals surface area contributed by atoms with Crippen molar-refractivity contribution in [3.05, 3.63) is 63.1 Å². The van der Waals surface area contributed by atoms with Gasteiger partial charge in [0.25, 0.3) is 0 Å². The van der Waals surface area contributed by atoms with Crippen LogP contribution in [0.4, 0.5) is 0 Å². The van der Waals surface area contributed by atoms with Gasteiger partial charge in [-0.3, -0.25) is 4.79 Å². The summed E-state index contributed by atoms with van der Waals surface area (Å²) in [6.45, 7) is 5.50. The summed E-state index contributed by atoms with van der Waals surface area (Å²) in [6, 6.07) is 10.7. The zero-order valence-corrected chi connectivity index (χ0v) is 20.6. The molecule has 1 fully saturated rings. The SMILES string of the molecule is Cc1ccc(OCCNC(=O)C2CCN(S(=O)(=O)Cc3ccc(Cl)c(Cl)c3)CC2)cc1C. The summed E-state index contributed by atoms with van der Waals surface area (Å²) in [6.07, 6.45) is 0.981. The van der Waals surface area contributed by atoms with Crippen molar-refractivity contribution >= 4 is 39.1 Å². The maximum atomic E-state index is 12.8. The Morgan fingerprint density at radius 3 is 2.44 bits per heavy atom. The minimum atomic E-state index is -3.49. The van der Waals surface area contributed by atoms with E-state index >= 15 is 0 Å². The van der Waals surface area contributed by atoms with E-state index in [-0.39, 0.29) is 17.6 Å². The van der Waals surface area contributed by atoms with Gasteiger partial charge in [0.15, 0.2) is 0 Å². The first-order valence-corrected chi connectivity index (χ1v) is 12.9. The van der Waals surface area contributed by atoms with Gasteiger partial charge in [-0.15, -0.1) is 0 Å². The molecule has 2 aromatic rings. The molecule has 1 saturated heterocycles. The molecule has 0 bridgehead atoms. The normalized spacial score (nSPS) is 15.5. The van der Waals surface area contributed by atoms with Crippen LogP contribution in [0.5, 0.6) is 5.75 Å². The Morgan fingerprint density at radius 1 is 1.06 bits per heavy atom. The Morgan fingerprint density at radius 2 is 1.78 bits per heavy atom. The van der Waals surface area contributed by atoms with Gasteiger partial charge in [0.1, 0.15) is 12.4 Å².